The van der Waals surface area contributed by atoms with Gasteiger partial charge in [-0.25, -0.2) is 0 Å². The third-order valence-electron chi connectivity index (χ3n) is 4.22. The molecule has 0 aliphatic carbocycles. The molecule has 0 bridgehead atoms. The molecule has 0 fully saturated rings. The molecule has 0 aliphatic heterocycles. The summed E-state index contributed by atoms with van der Waals surface area (Å²) in [5, 5.41) is 14.6. The van der Waals surface area contributed by atoms with E-state index in [2.05, 4.69) is 56.7 Å². The van der Waals surface area contributed by atoms with Gasteiger partial charge in [-0.2, -0.15) is 10.1 Å². The van der Waals surface area contributed by atoms with E-state index in [1.807, 2.05) is 43.3 Å². The average molecular weight is 348 g/mol. The zero-order chi connectivity index (χ0) is 18.4. The number of rotatable bonds is 7. The summed E-state index contributed by atoms with van der Waals surface area (Å²) in [6, 6.07) is 16.3. The fourth-order valence-electron chi connectivity index (χ4n) is 2.74. The molecule has 0 amide bonds. The van der Waals surface area contributed by atoms with Gasteiger partial charge in [0.2, 0.25) is 5.95 Å². The maximum absolute atomic E-state index is 4.49. The topological polar surface area (TPSA) is 66.0 Å². The Hall–Kier alpha value is -3.15. The maximum Gasteiger partial charge on any atom is 0.249 e. The molecule has 6 nitrogen and oxygen atoms in total. The van der Waals surface area contributed by atoms with E-state index in [1.54, 1.807) is 6.20 Å². The highest BCUT2D eigenvalue weighted by Gasteiger charge is 2.05. The summed E-state index contributed by atoms with van der Waals surface area (Å²) in [6.07, 6.45) is 1.61. The van der Waals surface area contributed by atoms with Gasteiger partial charge >= 0.3 is 0 Å². The van der Waals surface area contributed by atoms with Gasteiger partial charge in [0.25, 0.3) is 0 Å². The number of nitrogens with one attached hydrogen (secondary N) is 2. The zero-order valence-electron chi connectivity index (χ0n) is 15.4. The summed E-state index contributed by atoms with van der Waals surface area (Å²) in [5.41, 5.74) is 4.27. The quantitative estimate of drug-likeness (QED) is 0.655. The van der Waals surface area contributed by atoms with Crippen molar-refractivity contribution in [2.75, 3.05) is 28.6 Å². The number of nitrogens with zero attached hydrogens (tertiary/aromatic N) is 4. The lowest BCUT2D eigenvalue weighted by molar-refractivity contribution is 0.866. The van der Waals surface area contributed by atoms with Crippen molar-refractivity contribution in [2.45, 2.75) is 20.8 Å². The molecule has 1 aromatic heterocycles. The van der Waals surface area contributed by atoms with Crippen molar-refractivity contribution in [1.82, 2.24) is 15.2 Å². The van der Waals surface area contributed by atoms with Gasteiger partial charge in [0.1, 0.15) is 0 Å². The summed E-state index contributed by atoms with van der Waals surface area (Å²) < 4.78 is 0. The second-order valence-corrected chi connectivity index (χ2v) is 5.95. The molecule has 0 aliphatic rings. The van der Waals surface area contributed by atoms with Crippen LogP contribution in [0.5, 0.6) is 0 Å². The van der Waals surface area contributed by atoms with Gasteiger partial charge < -0.3 is 15.5 Å². The van der Waals surface area contributed by atoms with E-state index in [9.17, 15) is 0 Å². The highest BCUT2D eigenvalue weighted by atomic mass is 15.3. The highest BCUT2D eigenvalue weighted by molar-refractivity contribution is 5.62. The molecule has 134 valence electrons. The van der Waals surface area contributed by atoms with Crippen molar-refractivity contribution in [1.29, 1.82) is 0 Å². The van der Waals surface area contributed by atoms with Crippen LogP contribution in [-0.4, -0.2) is 28.3 Å². The molecule has 0 atom stereocenters. The van der Waals surface area contributed by atoms with Crippen LogP contribution in [0.1, 0.15) is 19.4 Å². The Morgan fingerprint density at radius 3 is 2.35 bits per heavy atom. The minimum Gasteiger partial charge on any atom is -0.372 e. The van der Waals surface area contributed by atoms with Crippen LogP contribution in [0.2, 0.25) is 0 Å². The third-order valence-corrected chi connectivity index (χ3v) is 4.22. The molecule has 6 heteroatoms. The fourth-order valence-corrected chi connectivity index (χ4v) is 2.74. The molecule has 0 saturated heterocycles. The normalized spacial score (nSPS) is 10.4. The van der Waals surface area contributed by atoms with Crippen LogP contribution >= 0.6 is 0 Å². The van der Waals surface area contributed by atoms with Crippen LogP contribution in [0.4, 0.5) is 28.8 Å². The van der Waals surface area contributed by atoms with Crippen LogP contribution in [0.15, 0.2) is 54.7 Å². The van der Waals surface area contributed by atoms with E-state index in [4.69, 9.17) is 0 Å². The highest BCUT2D eigenvalue weighted by Crippen LogP contribution is 2.21. The van der Waals surface area contributed by atoms with Crippen LogP contribution in [0, 0.1) is 6.92 Å². The Kier molecular flexibility index (Phi) is 5.63. The van der Waals surface area contributed by atoms with Crippen molar-refractivity contribution in [3.63, 3.8) is 0 Å². The Balaban J connectivity index is 1.72. The number of anilines is 5. The second kappa shape index (κ2) is 8.29. The van der Waals surface area contributed by atoms with Gasteiger partial charge in [-0.05, 0) is 56.7 Å². The molecular formula is C20H24N6. The average Bonchev–Trinajstić information content (AvgIpc) is 2.66. The molecule has 0 saturated carbocycles. The van der Waals surface area contributed by atoms with Crippen molar-refractivity contribution in [3.8, 4) is 0 Å². The molecule has 0 unspecified atom stereocenters. The standard InChI is InChI=1S/C20H24N6/c1-4-26(5-2)17-12-10-16(11-13-17)22-19-14-21-25-20(24-19)23-18-9-7-6-8-15(18)3/h6-14H,4-5H2,1-3H3,(H2,22,23,24,25). The summed E-state index contributed by atoms with van der Waals surface area (Å²) in [5.74, 6) is 1.11. The lowest BCUT2D eigenvalue weighted by atomic mass is 10.2. The number of aromatic nitrogens is 3. The van der Waals surface area contributed by atoms with E-state index in [0.29, 0.717) is 11.8 Å². The van der Waals surface area contributed by atoms with Gasteiger partial charge in [-0.3, -0.25) is 0 Å². The van der Waals surface area contributed by atoms with Gasteiger partial charge in [0, 0.05) is 30.2 Å². The van der Waals surface area contributed by atoms with Gasteiger partial charge in [-0.15, -0.1) is 5.10 Å². The Labute approximate surface area is 154 Å². The second-order valence-electron chi connectivity index (χ2n) is 5.95. The van der Waals surface area contributed by atoms with E-state index in [1.165, 1.54) is 5.69 Å². The van der Waals surface area contributed by atoms with E-state index in [-0.39, 0.29) is 0 Å². The molecule has 3 rings (SSSR count). The number of hydrogen-bond donors (Lipinski definition) is 2. The fraction of sp³-hybridized carbons (Fsp3) is 0.250. The van der Waals surface area contributed by atoms with Gasteiger partial charge in [0.05, 0.1) is 6.20 Å². The number of benzene rings is 2. The van der Waals surface area contributed by atoms with Gasteiger partial charge in [0.15, 0.2) is 5.82 Å². The molecule has 2 N–H and O–H groups in total. The SMILES string of the molecule is CCN(CC)c1ccc(Nc2cnnc(Nc3ccccc3C)n2)cc1. The predicted octanol–water partition coefficient (Wildman–Crippen LogP) is 4.51. The first-order valence-electron chi connectivity index (χ1n) is 8.84. The van der Waals surface area contributed by atoms with Crippen LogP contribution in [0.3, 0.4) is 0 Å². The first-order valence-corrected chi connectivity index (χ1v) is 8.84. The molecule has 2 aromatic carbocycles. The number of aryl methyl sites for hydroxylation is 1. The molecule has 0 spiro atoms. The number of para-hydroxylation sites is 1. The van der Waals surface area contributed by atoms with Crippen LogP contribution in [0.25, 0.3) is 0 Å². The van der Waals surface area contributed by atoms with Crippen molar-refractivity contribution < 1.29 is 0 Å². The van der Waals surface area contributed by atoms with Crippen molar-refractivity contribution in [3.05, 3.63) is 60.3 Å². The summed E-state index contributed by atoms with van der Waals surface area (Å²) >= 11 is 0. The molecule has 26 heavy (non-hydrogen) atoms. The maximum atomic E-state index is 4.49. The van der Waals surface area contributed by atoms with E-state index in [0.717, 1.165) is 30.0 Å². The Morgan fingerprint density at radius 2 is 1.65 bits per heavy atom. The summed E-state index contributed by atoms with van der Waals surface area (Å²) in [6.45, 7) is 8.34. The smallest absolute Gasteiger partial charge is 0.249 e. The van der Waals surface area contributed by atoms with Crippen LogP contribution < -0.4 is 15.5 Å². The lowest BCUT2D eigenvalue weighted by Gasteiger charge is -2.21. The zero-order valence-corrected chi connectivity index (χ0v) is 15.4. The lowest BCUT2D eigenvalue weighted by Crippen LogP contribution is -2.21. The summed E-state index contributed by atoms with van der Waals surface area (Å²) in [4.78, 5) is 6.79. The van der Waals surface area contributed by atoms with Crippen molar-refractivity contribution in [2.24, 2.45) is 0 Å². The molecule has 0 radical (unpaired) electrons. The minimum atomic E-state index is 0.462. The van der Waals surface area contributed by atoms with Crippen molar-refractivity contribution >= 4 is 28.8 Å². The molecule has 3 aromatic rings. The largest absolute Gasteiger partial charge is 0.372 e. The molecule has 1 heterocycles. The molecular weight excluding hydrogens is 324 g/mol. The Bertz CT molecular complexity index is 843. The van der Waals surface area contributed by atoms with E-state index < -0.39 is 0 Å². The Morgan fingerprint density at radius 1 is 0.923 bits per heavy atom. The third kappa shape index (κ3) is 4.27. The van der Waals surface area contributed by atoms with E-state index >= 15 is 0 Å². The summed E-state index contributed by atoms with van der Waals surface area (Å²) in [7, 11) is 0. The number of hydrogen-bond acceptors (Lipinski definition) is 6. The van der Waals surface area contributed by atoms with Crippen LogP contribution in [-0.2, 0) is 0 Å². The predicted molar refractivity (Wildman–Crippen MR) is 108 cm³/mol. The minimum absolute atomic E-state index is 0.462. The first kappa shape index (κ1) is 17.7. The van der Waals surface area contributed by atoms with Gasteiger partial charge in [-0.1, -0.05) is 18.2 Å². The monoisotopic (exact) mass is 348 g/mol. The first-order chi connectivity index (χ1) is 12.7.